The van der Waals surface area contributed by atoms with Gasteiger partial charge < -0.3 is 14.7 Å². The van der Waals surface area contributed by atoms with E-state index >= 15 is 0 Å². The van der Waals surface area contributed by atoms with E-state index in [0.29, 0.717) is 23.9 Å². The third-order valence-corrected chi connectivity index (χ3v) is 4.69. The fourth-order valence-corrected chi connectivity index (χ4v) is 3.14. The molecule has 1 amide bonds. The predicted octanol–water partition coefficient (Wildman–Crippen LogP) is 1.98. The van der Waals surface area contributed by atoms with Crippen molar-refractivity contribution in [3.05, 3.63) is 21.9 Å². The average molecular weight is 307 g/mol. The Balaban J connectivity index is 2.10. The Bertz CT molecular complexity index is 539. The molecule has 2 rings (SSSR count). The summed E-state index contributed by atoms with van der Waals surface area (Å²) >= 11 is 1.38. The molecule has 4 nitrogen and oxygen atoms in total. The van der Waals surface area contributed by atoms with Gasteiger partial charge in [0.25, 0.3) is 5.91 Å². The number of rotatable bonds is 6. The highest BCUT2D eigenvalue weighted by Crippen LogP contribution is 2.35. The molecule has 114 valence electrons. The lowest BCUT2D eigenvalue weighted by molar-refractivity contribution is 0.0599. The Morgan fingerprint density at radius 1 is 1.57 bits per heavy atom. The monoisotopic (exact) mass is 307 g/mol. The van der Waals surface area contributed by atoms with E-state index in [1.165, 1.54) is 24.2 Å². The molecule has 1 heterocycles. The van der Waals surface area contributed by atoms with E-state index < -0.39 is 0 Å². The van der Waals surface area contributed by atoms with Crippen LogP contribution in [-0.4, -0.2) is 48.8 Å². The lowest BCUT2D eigenvalue weighted by Gasteiger charge is -2.28. The first-order chi connectivity index (χ1) is 10.2. The smallest absolute Gasteiger partial charge is 0.264 e. The summed E-state index contributed by atoms with van der Waals surface area (Å²) in [6.07, 6.45) is 2.41. The number of carbonyl (C=O) groups excluding carboxylic acids is 1. The largest absolute Gasteiger partial charge is 0.384 e. The number of carbonyl (C=O) groups is 1. The third-order valence-electron chi connectivity index (χ3n) is 3.70. The zero-order valence-corrected chi connectivity index (χ0v) is 13.3. The number of aliphatic hydroxyl groups excluding tert-OH is 1. The molecule has 1 aliphatic carbocycles. The Morgan fingerprint density at radius 3 is 2.95 bits per heavy atom. The summed E-state index contributed by atoms with van der Waals surface area (Å²) < 4.78 is 5.13. The molecule has 0 radical (unpaired) electrons. The highest BCUT2D eigenvalue weighted by Gasteiger charge is 2.34. The van der Waals surface area contributed by atoms with Gasteiger partial charge in [-0.15, -0.1) is 11.3 Å². The van der Waals surface area contributed by atoms with Crippen molar-refractivity contribution < 1.29 is 14.6 Å². The molecular formula is C16H21NO3S. The average Bonchev–Trinajstić information content (AvgIpc) is 3.23. The van der Waals surface area contributed by atoms with Crippen LogP contribution in [0.4, 0.5) is 0 Å². The first kappa shape index (κ1) is 16.0. The molecule has 1 atom stereocenters. The fraction of sp³-hybridized carbons (Fsp3) is 0.562. The van der Waals surface area contributed by atoms with Gasteiger partial charge in [-0.05, 0) is 37.8 Å². The van der Waals surface area contributed by atoms with Gasteiger partial charge in [-0.2, -0.15) is 0 Å². The van der Waals surface area contributed by atoms with Crippen molar-refractivity contribution in [2.45, 2.75) is 25.8 Å². The van der Waals surface area contributed by atoms with Crippen LogP contribution in [0, 0.1) is 17.8 Å². The van der Waals surface area contributed by atoms with Crippen LogP contribution < -0.4 is 0 Å². The highest BCUT2D eigenvalue weighted by molar-refractivity contribution is 7.14. The molecule has 1 saturated carbocycles. The van der Waals surface area contributed by atoms with E-state index in [4.69, 9.17) is 9.84 Å². The molecule has 1 unspecified atom stereocenters. The topological polar surface area (TPSA) is 49.8 Å². The van der Waals surface area contributed by atoms with Gasteiger partial charge in [0.15, 0.2) is 0 Å². The molecule has 1 N–H and O–H groups in total. The Kier molecular flexibility index (Phi) is 5.80. The van der Waals surface area contributed by atoms with E-state index in [2.05, 4.69) is 18.8 Å². The summed E-state index contributed by atoms with van der Waals surface area (Å²) in [7, 11) is 1.65. The molecule has 0 saturated heterocycles. The van der Waals surface area contributed by atoms with Crippen LogP contribution in [0.2, 0.25) is 0 Å². The second kappa shape index (κ2) is 7.60. The van der Waals surface area contributed by atoms with Crippen molar-refractivity contribution in [2.75, 3.05) is 26.9 Å². The van der Waals surface area contributed by atoms with Crippen molar-refractivity contribution >= 4 is 17.2 Å². The molecule has 0 spiro atoms. The molecule has 21 heavy (non-hydrogen) atoms. The Hall–Kier alpha value is -1.35. The number of methoxy groups -OCH3 is 1. The number of hydrogen-bond acceptors (Lipinski definition) is 4. The van der Waals surface area contributed by atoms with Crippen molar-refractivity contribution in [1.82, 2.24) is 4.90 Å². The van der Waals surface area contributed by atoms with Crippen LogP contribution in [0.5, 0.6) is 0 Å². The van der Waals surface area contributed by atoms with Gasteiger partial charge in [0.05, 0.1) is 16.4 Å². The summed E-state index contributed by atoms with van der Waals surface area (Å²) in [4.78, 5) is 16.1. The van der Waals surface area contributed by atoms with E-state index in [-0.39, 0.29) is 18.6 Å². The minimum absolute atomic E-state index is 0.0495. The summed E-state index contributed by atoms with van der Waals surface area (Å²) in [5, 5.41) is 8.71. The summed E-state index contributed by atoms with van der Waals surface area (Å²) in [5.74, 6) is 6.12. The third kappa shape index (κ3) is 4.31. The number of nitrogens with zero attached hydrogens (tertiary/aromatic N) is 1. The van der Waals surface area contributed by atoms with Crippen LogP contribution >= 0.6 is 11.3 Å². The van der Waals surface area contributed by atoms with Gasteiger partial charge in [0.1, 0.15) is 6.61 Å². The van der Waals surface area contributed by atoms with Crippen molar-refractivity contribution in [3.63, 3.8) is 0 Å². The first-order valence-electron chi connectivity index (χ1n) is 7.16. The van der Waals surface area contributed by atoms with E-state index in [1.54, 1.807) is 7.11 Å². The lowest BCUT2D eigenvalue weighted by atomic mass is 10.1. The minimum atomic E-state index is -0.167. The van der Waals surface area contributed by atoms with Gasteiger partial charge in [-0.25, -0.2) is 0 Å². The van der Waals surface area contributed by atoms with Crippen LogP contribution in [0.1, 0.15) is 34.3 Å². The maximum absolute atomic E-state index is 12.7. The second-order valence-electron chi connectivity index (χ2n) is 5.19. The molecule has 0 aliphatic heterocycles. The first-order valence-corrected chi connectivity index (χ1v) is 7.98. The zero-order chi connectivity index (χ0) is 15.2. The predicted molar refractivity (Wildman–Crippen MR) is 83.4 cm³/mol. The molecule has 5 heteroatoms. The van der Waals surface area contributed by atoms with Gasteiger partial charge in [-0.3, -0.25) is 4.79 Å². The molecule has 1 aromatic rings. The molecule has 1 aromatic heterocycles. The summed E-state index contributed by atoms with van der Waals surface area (Å²) in [6, 6.07) is 3.90. The number of thiophene rings is 1. The lowest BCUT2D eigenvalue weighted by Crippen LogP contribution is -2.41. The maximum Gasteiger partial charge on any atom is 0.264 e. The van der Waals surface area contributed by atoms with Gasteiger partial charge in [0, 0.05) is 19.7 Å². The van der Waals surface area contributed by atoms with Crippen molar-refractivity contribution in [2.24, 2.45) is 5.92 Å². The van der Waals surface area contributed by atoms with Gasteiger partial charge in [-0.1, -0.05) is 11.8 Å². The summed E-state index contributed by atoms with van der Waals surface area (Å²) in [5.41, 5.74) is 0. The molecule has 1 aliphatic rings. The Labute approximate surface area is 129 Å². The Morgan fingerprint density at radius 2 is 2.33 bits per heavy atom. The highest BCUT2D eigenvalue weighted by atomic mass is 32.1. The zero-order valence-electron chi connectivity index (χ0n) is 12.5. The molecule has 1 fully saturated rings. The number of amides is 1. The van der Waals surface area contributed by atoms with Crippen molar-refractivity contribution in [1.29, 1.82) is 0 Å². The van der Waals surface area contributed by atoms with Crippen LogP contribution in [-0.2, 0) is 4.74 Å². The number of hydrogen-bond donors (Lipinski definition) is 1. The maximum atomic E-state index is 12.7. The molecule has 0 aromatic carbocycles. The SMILES string of the molecule is COCCN(C(=O)c1ccc(C#CCO)s1)C(C)C1CC1. The van der Waals surface area contributed by atoms with Crippen LogP contribution in [0.25, 0.3) is 0 Å². The normalized spacial score (nSPS) is 15.2. The van der Waals surface area contributed by atoms with Crippen LogP contribution in [0.3, 0.4) is 0 Å². The standard InChI is InChI=1S/C16H21NO3S/c1-12(13-5-6-13)17(9-11-20-2)16(19)15-8-7-14(21-15)4-3-10-18/h7-8,12-13,18H,5-6,9-11H2,1-2H3. The van der Waals surface area contributed by atoms with Gasteiger partial charge >= 0.3 is 0 Å². The molecular weight excluding hydrogens is 286 g/mol. The van der Waals surface area contributed by atoms with Gasteiger partial charge in [0.2, 0.25) is 0 Å². The number of aliphatic hydroxyl groups is 1. The van der Waals surface area contributed by atoms with E-state index in [0.717, 1.165) is 4.88 Å². The van der Waals surface area contributed by atoms with Crippen molar-refractivity contribution in [3.8, 4) is 11.8 Å². The van der Waals surface area contributed by atoms with E-state index in [9.17, 15) is 4.79 Å². The summed E-state index contributed by atoms with van der Waals surface area (Å²) in [6.45, 7) is 3.11. The molecule has 0 bridgehead atoms. The van der Waals surface area contributed by atoms with E-state index in [1.807, 2.05) is 17.0 Å². The quantitative estimate of drug-likeness (QED) is 0.818. The fourth-order valence-electron chi connectivity index (χ4n) is 2.30. The van der Waals surface area contributed by atoms with Crippen LogP contribution in [0.15, 0.2) is 12.1 Å². The minimum Gasteiger partial charge on any atom is -0.384 e. The number of ether oxygens (including phenoxy) is 1. The second-order valence-corrected chi connectivity index (χ2v) is 6.28.